The van der Waals surface area contributed by atoms with E-state index in [0.717, 1.165) is 5.56 Å². The molecule has 1 heterocycles. The van der Waals surface area contributed by atoms with E-state index in [2.05, 4.69) is 0 Å². The molecule has 0 aromatic heterocycles. The highest BCUT2D eigenvalue weighted by Gasteiger charge is 2.35. The average Bonchev–Trinajstić information content (AvgIpc) is 2.62. The third-order valence-electron chi connectivity index (χ3n) is 4.27. The van der Waals surface area contributed by atoms with E-state index in [1.165, 1.54) is 6.08 Å². The van der Waals surface area contributed by atoms with Crippen molar-refractivity contribution in [3.63, 3.8) is 0 Å². The maximum atomic E-state index is 11.7. The van der Waals surface area contributed by atoms with Gasteiger partial charge in [-0.3, -0.25) is 0 Å². The summed E-state index contributed by atoms with van der Waals surface area (Å²) in [5, 5.41) is 19.6. The first-order valence-electron chi connectivity index (χ1n) is 9.00. The molecule has 5 atom stereocenters. The van der Waals surface area contributed by atoms with Gasteiger partial charge in [-0.05, 0) is 32.3 Å². The third-order valence-corrected chi connectivity index (χ3v) is 4.27. The van der Waals surface area contributed by atoms with E-state index in [0.29, 0.717) is 12.8 Å². The van der Waals surface area contributed by atoms with Crippen LogP contribution in [0, 0.1) is 0 Å². The molecule has 144 valence electrons. The molecule has 0 saturated carbocycles. The van der Waals surface area contributed by atoms with Crippen molar-refractivity contribution >= 4 is 5.97 Å². The predicted molar refractivity (Wildman–Crippen MR) is 96.1 cm³/mol. The smallest absolute Gasteiger partial charge is 0.330 e. The number of hydrogen-bond donors (Lipinski definition) is 2. The van der Waals surface area contributed by atoms with Crippen molar-refractivity contribution in [2.24, 2.45) is 0 Å². The van der Waals surface area contributed by atoms with Crippen LogP contribution >= 0.6 is 0 Å². The molecule has 0 amide bonds. The summed E-state index contributed by atoms with van der Waals surface area (Å²) in [6, 6.07) is 9.51. The minimum Gasteiger partial charge on any atom is -0.458 e. The van der Waals surface area contributed by atoms with Gasteiger partial charge in [0.15, 0.2) is 6.29 Å². The van der Waals surface area contributed by atoms with Crippen LogP contribution in [0.15, 0.2) is 42.5 Å². The Hall–Kier alpha value is -1.73. The summed E-state index contributed by atoms with van der Waals surface area (Å²) < 4.78 is 16.3. The predicted octanol–water partition coefficient (Wildman–Crippen LogP) is 2.33. The molecule has 1 unspecified atom stereocenters. The van der Waals surface area contributed by atoms with Crippen LogP contribution in [0.25, 0.3) is 0 Å². The number of aliphatic hydroxyl groups is 2. The molecule has 1 saturated heterocycles. The second-order valence-corrected chi connectivity index (χ2v) is 6.60. The number of esters is 1. The van der Waals surface area contributed by atoms with Crippen LogP contribution in [0.2, 0.25) is 0 Å². The van der Waals surface area contributed by atoms with Crippen LogP contribution in [-0.2, 0) is 25.6 Å². The molecule has 1 fully saturated rings. The Kier molecular flexibility index (Phi) is 8.25. The number of rotatable bonds is 8. The van der Waals surface area contributed by atoms with Crippen LogP contribution in [0.4, 0.5) is 0 Å². The van der Waals surface area contributed by atoms with E-state index < -0.39 is 18.5 Å². The van der Waals surface area contributed by atoms with Gasteiger partial charge in [-0.15, -0.1) is 0 Å². The van der Waals surface area contributed by atoms with Gasteiger partial charge in [-0.25, -0.2) is 4.79 Å². The molecule has 26 heavy (non-hydrogen) atoms. The quantitative estimate of drug-likeness (QED) is 0.544. The molecule has 1 aromatic rings. The van der Waals surface area contributed by atoms with E-state index in [4.69, 9.17) is 14.2 Å². The number of carbonyl (C=O) groups is 1. The van der Waals surface area contributed by atoms with Gasteiger partial charge >= 0.3 is 5.97 Å². The summed E-state index contributed by atoms with van der Waals surface area (Å²) >= 11 is 0. The van der Waals surface area contributed by atoms with E-state index >= 15 is 0 Å². The molecule has 0 aliphatic carbocycles. The fraction of sp³-hybridized carbons (Fsp3) is 0.550. The van der Waals surface area contributed by atoms with Gasteiger partial charge in [0.05, 0.1) is 18.3 Å². The van der Waals surface area contributed by atoms with Gasteiger partial charge in [0.1, 0.15) is 12.7 Å². The maximum Gasteiger partial charge on any atom is 0.330 e. The van der Waals surface area contributed by atoms with Crippen LogP contribution in [0.1, 0.15) is 38.7 Å². The lowest BCUT2D eigenvalue weighted by Gasteiger charge is -2.36. The Morgan fingerprint density at radius 3 is 2.77 bits per heavy atom. The summed E-state index contributed by atoms with van der Waals surface area (Å²) in [6.45, 7) is 3.89. The SMILES string of the molecule is C[C@H](CC/C=C/C(=O)OCc1ccccc1)OC1O[C@@H](C)[C@H](O)C[C@H]1O. The minimum absolute atomic E-state index is 0.151. The van der Waals surface area contributed by atoms with Crippen molar-refractivity contribution in [3.8, 4) is 0 Å². The fourth-order valence-corrected chi connectivity index (χ4v) is 2.65. The summed E-state index contributed by atoms with van der Waals surface area (Å²) in [6.07, 6.45) is 1.95. The largest absolute Gasteiger partial charge is 0.458 e. The summed E-state index contributed by atoms with van der Waals surface area (Å²) in [7, 11) is 0. The zero-order valence-corrected chi connectivity index (χ0v) is 15.3. The average molecular weight is 364 g/mol. The minimum atomic E-state index is -0.841. The van der Waals surface area contributed by atoms with Gasteiger partial charge < -0.3 is 24.4 Å². The first-order valence-corrected chi connectivity index (χ1v) is 9.00. The molecule has 1 aromatic carbocycles. The fourth-order valence-electron chi connectivity index (χ4n) is 2.65. The molecular formula is C20H28O6. The first kappa shape index (κ1) is 20.6. The van der Waals surface area contributed by atoms with Crippen LogP contribution < -0.4 is 0 Å². The monoisotopic (exact) mass is 364 g/mol. The van der Waals surface area contributed by atoms with Gasteiger partial charge in [0, 0.05) is 12.5 Å². The standard InChI is InChI=1S/C20H28O6/c1-14(25-20-18(22)12-17(21)15(2)26-20)8-6-7-11-19(23)24-13-16-9-4-3-5-10-16/h3-5,7,9-11,14-15,17-18,20-22H,6,8,12-13H2,1-2H3/b11-7+/t14-,15+,17-,18-,20?/m1/s1. The van der Waals surface area contributed by atoms with Crippen LogP contribution in [0.3, 0.4) is 0 Å². The van der Waals surface area contributed by atoms with E-state index in [1.54, 1.807) is 13.0 Å². The van der Waals surface area contributed by atoms with Gasteiger partial charge in [0.25, 0.3) is 0 Å². The van der Waals surface area contributed by atoms with Gasteiger partial charge in [0.2, 0.25) is 0 Å². The molecule has 0 bridgehead atoms. The number of aliphatic hydroxyl groups excluding tert-OH is 2. The molecule has 2 rings (SSSR count). The molecular weight excluding hydrogens is 336 g/mol. The highest BCUT2D eigenvalue weighted by molar-refractivity contribution is 5.81. The molecule has 0 radical (unpaired) electrons. The maximum absolute atomic E-state index is 11.7. The van der Waals surface area contributed by atoms with Crippen LogP contribution in [0.5, 0.6) is 0 Å². The van der Waals surface area contributed by atoms with Crippen molar-refractivity contribution in [2.75, 3.05) is 0 Å². The lowest BCUT2D eigenvalue weighted by atomic mass is 10.0. The van der Waals surface area contributed by atoms with Crippen molar-refractivity contribution in [1.82, 2.24) is 0 Å². The van der Waals surface area contributed by atoms with Crippen molar-refractivity contribution in [2.45, 2.75) is 70.4 Å². The number of ether oxygens (including phenoxy) is 3. The van der Waals surface area contributed by atoms with Crippen molar-refractivity contribution in [1.29, 1.82) is 0 Å². The molecule has 6 nitrogen and oxygen atoms in total. The zero-order chi connectivity index (χ0) is 18.9. The number of hydrogen-bond acceptors (Lipinski definition) is 6. The molecule has 1 aliphatic heterocycles. The number of allylic oxidation sites excluding steroid dienone is 1. The third kappa shape index (κ3) is 6.88. The summed E-state index contributed by atoms with van der Waals surface area (Å²) in [5.41, 5.74) is 0.946. The highest BCUT2D eigenvalue weighted by atomic mass is 16.7. The Labute approximate surface area is 154 Å². The Bertz CT molecular complexity index is 573. The van der Waals surface area contributed by atoms with Gasteiger partial charge in [-0.1, -0.05) is 36.4 Å². The Morgan fingerprint density at radius 2 is 2.04 bits per heavy atom. The van der Waals surface area contributed by atoms with E-state index in [9.17, 15) is 15.0 Å². The summed E-state index contributed by atoms with van der Waals surface area (Å²) in [4.78, 5) is 11.7. The highest BCUT2D eigenvalue weighted by Crippen LogP contribution is 2.22. The van der Waals surface area contributed by atoms with Crippen molar-refractivity contribution in [3.05, 3.63) is 48.0 Å². The lowest BCUT2D eigenvalue weighted by Crippen LogP contribution is -2.48. The summed E-state index contributed by atoms with van der Waals surface area (Å²) in [5.74, 6) is -0.378. The molecule has 0 spiro atoms. The Balaban J connectivity index is 1.63. The number of carbonyl (C=O) groups excluding carboxylic acids is 1. The molecule has 1 aliphatic rings. The van der Waals surface area contributed by atoms with E-state index in [1.807, 2.05) is 37.3 Å². The van der Waals surface area contributed by atoms with Crippen LogP contribution in [-0.4, -0.2) is 46.9 Å². The molecule has 2 N–H and O–H groups in total. The molecule has 6 heteroatoms. The zero-order valence-electron chi connectivity index (χ0n) is 15.3. The number of benzene rings is 1. The Morgan fingerprint density at radius 1 is 1.31 bits per heavy atom. The normalized spacial score (nSPS) is 27.4. The second kappa shape index (κ2) is 10.4. The van der Waals surface area contributed by atoms with E-state index in [-0.39, 0.29) is 31.2 Å². The first-order chi connectivity index (χ1) is 12.5. The van der Waals surface area contributed by atoms with Crippen molar-refractivity contribution < 1.29 is 29.2 Å². The van der Waals surface area contributed by atoms with Gasteiger partial charge in [-0.2, -0.15) is 0 Å². The lowest BCUT2D eigenvalue weighted by molar-refractivity contribution is -0.273. The topological polar surface area (TPSA) is 85.2 Å². The second-order valence-electron chi connectivity index (χ2n) is 6.60.